The molecule has 1 aliphatic heterocycles. The topological polar surface area (TPSA) is 49.8 Å². The van der Waals surface area contributed by atoms with Crippen molar-refractivity contribution in [2.45, 2.75) is 45.1 Å². The SMILES string of the molecule is CCCCC(c1cccc(Oc2ccccc2)c1)N1CCC(C(=O)O)CC1. The number of benzene rings is 2. The lowest BCUT2D eigenvalue weighted by atomic mass is 9.92. The first-order valence-electron chi connectivity index (χ1n) is 9.97. The van der Waals surface area contributed by atoms with E-state index in [-0.39, 0.29) is 5.92 Å². The van der Waals surface area contributed by atoms with Gasteiger partial charge in [-0.25, -0.2) is 0 Å². The highest BCUT2D eigenvalue weighted by molar-refractivity contribution is 5.70. The molecule has 0 aromatic heterocycles. The summed E-state index contributed by atoms with van der Waals surface area (Å²) < 4.78 is 6.01. The van der Waals surface area contributed by atoms with Crippen LogP contribution in [0.25, 0.3) is 0 Å². The molecular formula is C23H29NO3. The summed E-state index contributed by atoms with van der Waals surface area (Å²) in [5.41, 5.74) is 1.26. The third-order valence-electron chi connectivity index (χ3n) is 5.37. The molecule has 0 amide bonds. The number of hydrogen-bond donors (Lipinski definition) is 1. The molecule has 3 rings (SSSR count). The van der Waals surface area contributed by atoms with Gasteiger partial charge in [-0.1, -0.05) is 50.1 Å². The number of ether oxygens (including phenoxy) is 1. The zero-order chi connectivity index (χ0) is 19.1. The first-order valence-corrected chi connectivity index (χ1v) is 9.97. The first-order chi connectivity index (χ1) is 13.2. The largest absolute Gasteiger partial charge is 0.481 e. The van der Waals surface area contributed by atoms with E-state index in [0.717, 1.165) is 56.7 Å². The predicted octanol–water partition coefficient (Wildman–Crippen LogP) is 5.51. The lowest BCUT2D eigenvalue weighted by Crippen LogP contribution is -2.38. The summed E-state index contributed by atoms with van der Waals surface area (Å²) in [4.78, 5) is 13.7. The van der Waals surface area contributed by atoms with Crippen LogP contribution in [0, 0.1) is 5.92 Å². The van der Waals surface area contributed by atoms with Gasteiger partial charge in [-0.05, 0) is 62.2 Å². The maximum atomic E-state index is 11.3. The molecule has 1 unspecified atom stereocenters. The number of nitrogens with zero attached hydrogens (tertiary/aromatic N) is 1. The summed E-state index contributed by atoms with van der Waals surface area (Å²) in [6.07, 6.45) is 4.87. The molecule has 4 nitrogen and oxygen atoms in total. The van der Waals surface area contributed by atoms with E-state index in [2.05, 4.69) is 30.0 Å². The standard InChI is InChI=1S/C23H29NO3/c1-2-3-12-22(24-15-13-18(14-16-24)23(25)26)19-8-7-11-21(17-19)27-20-9-5-4-6-10-20/h4-11,17-18,22H,2-3,12-16H2,1H3,(H,25,26). The van der Waals surface area contributed by atoms with Crippen molar-refractivity contribution in [1.29, 1.82) is 0 Å². The Morgan fingerprint density at radius 3 is 2.48 bits per heavy atom. The van der Waals surface area contributed by atoms with Crippen molar-refractivity contribution in [3.05, 3.63) is 60.2 Å². The Balaban J connectivity index is 1.74. The molecule has 4 heteroatoms. The molecular weight excluding hydrogens is 338 g/mol. The maximum Gasteiger partial charge on any atom is 0.306 e. The Bertz CT molecular complexity index is 723. The molecule has 1 N–H and O–H groups in total. The fraction of sp³-hybridized carbons (Fsp3) is 0.435. The monoisotopic (exact) mass is 367 g/mol. The molecule has 0 saturated carbocycles. The minimum atomic E-state index is -0.655. The van der Waals surface area contributed by atoms with E-state index in [4.69, 9.17) is 4.74 Å². The molecule has 1 fully saturated rings. The quantitative estimate of drug-likeness (QED) is 0.669. The zero-order valence-electron chi connectivity index (χ0n) is 16.0. The number of piperidine rings is 1. The van der Waals surface area contributed by atoms with Gasteiger partial charge in [0.05, 0.1) is 5.92 Å². The highest BCUT2D eigenvalue weighted by atomic mass is 16.5. The van der Waals surface area contributed by atoms with Crippen molar-refractivity contribution >= 4 is 5.97 Å². The second-order valence-corrected chi connectivity index (χ2v) is 7.29. The fourth-order valence-electron chi connectivity index (χ4n) is 3.83. The molecule has 1 atom stereocenters. The molecule has 0 aliphatic carbocycles. The highest BCUT2D eigenvalue weighted by Crippen LogP contribution is 2.33. The Hall–Kier alpha value is -2.33. The van der Waals surface area contributed by atoms with Gasteiger partial charge in [-0.15, -0.1) is 0 Å². The molecule has 1 saturated heterocycles. The number of para-hydroxylation sites is 1. The lowest BCUT2D eigenvalue weighted by Gasteiger charge is -2.37. The van der Waals surface area contributed by atoms with Crippen LogP contribution in [0.3, 0.4) is 0 Å². The van der Waals surface area contributed by atoms with Crippen LogP contribution < -0.4 is 4.74 Å². The van der Waals surface area contributed by atoms with E-state index in [1.54, 1.807) is 0 Å². The first kappa shape index (κ1) is 19.4. The lowest BCUT2D eigenvalue weighted by molar-refractivity contribution is -0.143. The van der Waals surface area contributed by atoms with Gasteiger partial charge in [0.1, 0.15) is 11.5 Å². The van der Waals surface area contributed by atoms with Crippen LogP contribution in [0.5, 0.6) is 11.5 Å². The van der Waals surface area contributed by atoms with Crippen LogP contribution in [0.1, 0.15) is 50.6 Å². The summed E-state index contributed by atoms with van der Waals surface area (Å²) in [5, 5.41) is 9.26. The average molecular weight is 367 g/mol. The molecule has 0 radical (unpaired) electrons. The van der Waals surface area contributed by atoms with Crippen LogP contribution in [0.15, 0.2) is 54.6 Å². The Morgan fingerprint density at radius 2 is 1.81 bits per heavy atom. The second kappa shape index (κ2) is 9.56. The number of hydrogen-bond acceptors (Lipinski definition) is 3. The minimum Gasteiger partial charge on any atom is -0.481 e. The van der Waals surface area contributed by atoms with E-state index in [9.17, 15) is 9.90 Å². The average Bonchev–Trinajstić information content (AvgIpc) is 2.70. The normalized spacial score (nSPS) is 16.8. The van der Waals surface area contributed by atoms with Crippen LogP contribution in [-0.4, -0.2) is 29.1 Å². The van der Waals surface area contributed by atoms with Crippen molar-refractivity contribution in [3.8, 4) is 11.5 Å². The molecule has 27 heavy (non-hydrogen) atoms. The number of aliphatic carboxylic acids is 1. The Kier molecular flexibility index (Phi) is 6.88. The van der Waals surface area contributed by atoms with E-state index in [1.165, 1.54) is 5.56 Å². The number of rotatable bonds is 8. The van der Waals surface area contributed by atoms with E-state index in [0.29, 0.717) is 6.04 Å². The van der Waals surface area contributed by atoms with Crippen LogP contribution in [0.4, 0.5) is 0 Å². The summed E-state index contributed by atoms with van der Waals surface area (Å²) in [7, 11) is 0. The van der Waals surface area contributed by atoms with Gasteiger partial charge >= 0.3 is 5.97 Å². The van der Waals surface area contributed by atoms with E-state index < -0.39 is 5.97 Å². The van der Waals surface area contributed by atoms with Crippen molar-refractivity contribution in [2.24, 2.45) is 5.92 Å². The van der Waals surface area contributed by atoms with Crippen molar-refractivity contribution in [3.63, 3.8) is 0 Å². The number of unbranched alkanes of at least 4 members (excludes halogenated alkanes) is 1. The van der Waals surface area contributed by atoms with Crippen molar-refractivity contribution < 1.29 is 14.6 Å². The molecule has 0 spiro atoms. The minimum absolute atomic E-state index is 0.194. The summed E-state index contributed by atoms with van der Waals surface area (Å²) in [6.45, 7) is 3.90. The molecule has 1 aliphatic rings. The number of carboxylic acid groups (broad SMARTS) is 1. The fourth-order valence-corrected chi connectivity index (χ4v) is 3.83. The van der Waals surface area contributed by atoms with Crippen molar-refractivity contribution in [2.75, 3.05) is 13.1 Å². The van der Waals surface area contributed by atoms with Gasteiger partial charge in [-0.3, -0.25) is 9.69 Å². The Labute approximate surface area is 161 Å². The summed E-state index contributed by atoms with van der Waals surface area (Å²) in [5.74, 6) is 0.835. The molecule has 1 heterocycles. The van der Waals surface area contributed by atoms with Crippen LogP contribution in [0.2, 0.25) is 0 Å². The smallest absolute Gasteiger partial charge is 0.306 e. The summed E-state index contributed by atoms with van der Waals surface area (Å²) in [6, 6.07) is 18.5. The van der Waals surface area contributed by atoms with E-state index in [1.807, 2.05) is 36.4 Å². The molecule has 0 bridgehead atoms. The maximum absolute atomic E-state index is 11.3. The van der Waals surface area contributed by atoms with Crippen LogP contribution in [-0.2, 0) is 4.79 Å². The second-order valence-electron chi connectivity index (χ2n) is 7.29. The molecule has 2 aromatic carbocycles. The number of carboxylic acids is 1. The summed E-state index contributed by atoms with van der Waals surface area (Å²) >= 11 is 0. The van der Waals surface area contributed by atoms with Gasteiger partial charge in [0.2, 0.25) is 0 Å². The van der Waals surface area contributed by atoms with Crippen LogP contribution >= 0.6 is 0 Å². The third kappa shape index (κ3) is 5.33. The predicted molar refractivity (Wildman–Crippen MR) is 107 cm³/mol. The van der Waals surface area contributed by atoms with Gasteiger partial charge in [0.15, 0.2) is 0 Å². The van der Waals surface area contributed by atoms with E-state index >= 15 is 0 Å². The van der Waals surface area contributed by atoms with Crippen molar-refractivity contribution in [1.82, 2.24) is 4.90 Å². The third-order valence-corrected chi connectivity index (χ3v) is 5.37. The van der Waals surface area contributed by atoms with Gasteiger partial charge < -0.3 is 9.84 Å². The number of likely N-dealkylation sites (tertiary alicyclic amines) is 1. The Morgan fingerprint density at radius 1 is 1.11 bits per heavy atom. The van der Waals surface area contributed by atoms with Gasteiger partial charge in [-0.2, -0.15) is 0 Å². The van der Waals surface area contributed by atoms with Gasteiger partial charge in [0.25, 0.3) is 0 Å². The molecule has 2 aromatic rings. The number of carbonyl (C=O) groups is 1. The zero-order valence-corrected chi connectivity index (χ0v) is 16.0. The highest BCUT2D eigenvalue weighted by Gasteiger charge is 2.29. The van der Waals surface area contributed by atoms with Gasteiger partial charge in [0, 0.05) is 6.04 Å². The molecule has 144 valence electrons.